The molecule has 3 aromatic rings. The van der Waals surface area contributed by atoms with Crippen molar-refractivity contribution in [3.63, 3.8) is 0 Å². The van der Waals surface area contributed by atoms with E-state index in [1.165, 1.54) is 5.56 Å². The number of unbranched alkanes of at least 4 members (excludes halogenated alkanes) is 1. The summed E-state index contributed by atoms with van der Waals surface area (Å²) in [7, 11) is -3.60. The standard InChI is InChI=1S/C44H60ClN5O7S/c1-4-34-17-18-49(5-2)40-26-35(15-16-42(40)56-21-7-6-11-33-12-9-13-37(45)24-33)43(52)46-58(54,31-32(3)10-8-14-41(34)51)47-44(53)36-25-38-30-57-39(29-50(38)27-36)28-48-19-22-55-23-20-48/h8-9,12-16,24-27,32,34,39,41,51H,4-7,10-11,17-23,28-31H2,1-3H3,(H,46,47,52,53,54)/b14-8+/t32-,34+,39-,41-,58?/m0/s1. The molecule has 14 heteroatoms. The van der Waals surface area contributed by atoms with Crippen LogP contribution in [0.25, 0.3) is 0 Å². The number of carbonyl (C=O) groups excluding carboxylic acids is 2. The minimum atomic E-state index is -3.60. The molecule has 2 amide bonds. The van der Waals surface area contributed by atoms with Crippen molar-refractivity contribution in [2.75, 3.05) is 63.2 Å². The maximum Gasteiger partial charge on any atom is 0.286 e. The molecule has 6 rings (SSSR count). The summed E-state index contributed by atoms with van der Waals surface area (Å²) in [6, 6.07) is 14.8. The van der Waals surface area contributed by atoms with Crippen LogP contribution in [0.15, 0.2) is 71.2 Å². The molecule has 12 nitrogen and oxygen atoms in total. The molecule has 2 N–H and O–H groups in total. The lowest BCUT2D eigenvalue weighted by Gasteiger charge is -2.32. The van der Waals surface area contributed by atoms with Crippen LogP contribution in [-0.2, 0) is 39.0 Å². The summed E-state index contributed by atoms with van der Waals surface area (Å²) >= 11 is 6.17. The van der Waals surface area contributed by atoms with Crippen LogP contribution in [0.1, 0.15) is 84.8 Å². The number of fused-ring (bicyclic) bond motifs is 3. The minimum absolute atomic E-state index is 0.0148. The lowest BCUT2D eigenvalue weighted by molar-refractivity contribution is -0.0376. The van der Waals surface area contributed by atoms with Crippen molar-refractivity contribution in [1.29, 1.82) is 0 Å². The quantitative estimate of drug-likeness (QED) is 0.147. The Morgan fingerprint density at radius 2 is 1.93 bits per heavy atom. The van der Waals surface area contributed by atoms with Gasteiger partial charge in [0.1, 0.15) is 15.7 Å². The van der Waals surface area contributed by atoms with E-state index in [0.717, 1.165) is 68.1 Å². The lowest BCUT2D eigenvalue weighted by atomic mass is 9.94. The number of hydrogen-bond donors (Lipinski definition) is 2. The molecule has 1 saturated heterocycles. The van der Waals surface area contributed by atoms with Gasteiger partial charge in [0.15, 0.2) is 0 Å². The number of morpholine rings is 1. The van der Waals surface area contributed by atoms with Gasteiger partial charge in [-0.2, -0.15) is 0 Å². The third-order valence-corrected chi connectivity index (χ3v) is 13.5. The summed E-state index contributed by atoms with van der Waals surface area (Å²) in [4.78, 5) is 32.4. The molecule has 0 aliphatic carbocycles. The Morgan fingerprint density at radius 3 is 2.71 bits per heavy atom. The van der Waals surface area contributed by atoms with E-state index in [2.05, 4.69) is 31.9 Å². The molecule has 0 spiro atoms. The number of nitrogens with zero attached hydrogens (tertiary/aromatic N) is 4. The van der Waals surface area contributed by atoms with Crippen molar-refractivity contribution in [1.82, 2.24) is 14.2 Å². The molecule has 316 valence electrons. The number of rotatable bonds is 12. The van der Waals surface area contributed by atoms with Gasteiger partial charge in [0, 0.05) is 61.7 Å². The third kappa shape index (κ3) is 12.2. The number of ether oxygens (including phenoxy) is 3. The first-order chi connectivity index (χ1) is 28.0. The van der Waals surface area contributed by atoms with Crippen LogP contribution in [0.3, 0.4) is 0 Å². The van der Waals surface area contributed by atoms with Gasteiger partial charge in [-0.3, -0.25) is 19.2 Å². The van der Waals surface area contributed by atoms with Crippen molar-refractivity contribution in [2.24, 2.45) is 16.2 Å². The molecule has 5 atom stereocenters. The Labute approximate surface area is 349 Å². The summed E-state index contributed by atoms with van der Waals surface area (Å²) in [6.45, 7) is 12.6. The number of anilines is 1. The van der Waals surface area contributed by atoms with E-state index in [-0.39, 0.29) is 29.3 Å². The normalized spacial score (nSPS) is 25.4. The molecule has 1 fully saturated rings. The molecule has 3 aliphatic rings. The van der Waals surface area contributed by atoms with E-state index in [4.69, 9.17) is 25.8 Å². The number of hydrogen-bond acceptors (Lipinski definition) is 9. The molecule has 58 heavy (non-hydrogen) atoms. The smallest absolute Gasteiger partial charge is 0.286 e. The van der Waals surface area contributed by atoms with Crippen LogP contribution in [-0.4, -0.2) is 101 Å². The Bertz CT molecular complexity index is 2010. The molecular weight excluding hydrogens is 778 g/mol. The fourth-order valence-electron chi connectivity index (χ4n) is 7.89. The maximum atomic E-state index is 14.7. The summed E-state index contributed by atoms with van der Waals surface area (Å²) in [5.41, 5.74) is 3.33. The van der Waals surface area contributed by atoms with E-state index in [9.17, 15) is 18.9 Å². The number of aliphatic hydroxyl groups is 1. The van der Waals surface area contributed by atoms with Gasteiger partial charge in [0.2, 0.25) is 0 Å². The van der Waals surface area contributed by atoms with Crippen LogP contribution < -0.4 is 14.4 Å². The number of amides is 2. The number of aryl methyl sites for hydroxylation is 1. The van der Waals surface area contributed by atoms with Gasteiger partial charge in [-0.1, -0.05) is 56.2 Å². The van der Waals surface area contributed by atoms with Gasteiger partial charge in [-0.25, -0.2) is 4.21 Å². The van der Waals surface area contributed by atoms with Crippen LogP contribution in [0.5, 0.6) is 5.75 Å². The molecule has 4 heterocycles. The van der Waals surface area contributed by atoms with Gasteiger partial charge in [-0.05, 0) is 92.8 Å². The highest BCUT2D eigenvalue weighted by molar-refractivity contribution is 7.92. The van der Waals surface area contributed by atoms with Crippen LogP contribution >= 0.6 is 11.6 Å². The van der Waals surface area contributed by atoms with Crippen molar-refractivity contribution in [2.45, 2.75) is 84.7 Å². The summed E-state index contributed by atoms with van der Waals surface area (Å²) in [5.74, 6) is -0.872. The minimum Gasteiger partial charge on any atom is -0.491 e. The zero-order valence-electron chi connectivity index (χ0n) is 34.2. The summed E-state index contributed by atoms with van der Waals surface area (Å²) in [5, 5.41) is 11.9. The van der Waals surface area contributed by atoms with Crippen molar-refractivity contribution in [3.8, 4) is 5.75 Å². The van der Waals surface area contributed by atoms with Crippen molar-refractivity contribution < 1.29 is 33.1 Å². The highest BCUT2D eigenvalue weighted by Gasteiger charge is 2.27. The van der Waals surface area contributed by atoms with Crippen molar-refractivity contribution in [3.05, 3.63) is 94.3 Å². The van der Waals surface area contributed by atoms with E-state index < -0.39 is 27.8 Å². The first kappa shape index (κ1) is 43.8. The van der Waals surface area contributed by atoms with E-state index >= 15 is 0 Å². The number of nitrogens with one attached hydrogen (secondary N) is 1. The number of carbonyl (C=O) groups is 2. The van der Waals surface area contributed by atoms with Crippen LogP contribution in [0.2, 0.25) is 5.02 Å². The van der Waals surface area contributed by atoms with Crippen LogP contribution in [0, 0.1) is 11.8 Å². The molecule has 3 aliphatic heterocycles. The second kappa shape index (κ2) is 21.0. The second-order valence-corrected chi connectivity index (χ2v) is 18.2. The highest BCUT2D eigenvalue weighted by Crippen LogP contribution is 2.32. The van der Waals surface area contributed by atoms with Crippen molar-refractivity contribution >= 4 is 39.0 Å². The topological polar surface area (TPSA) is 135 Å². The molecule has 1 unspecified atom stereocenters. The Hall–Kier alpha value is -3.72. The van der Waals surface area contributed by atoms with Crippen LogP contribution in [0.4, 0.5) is 5.69 Å². The fourth-order valence-corrected chi connectivity index (χ4v) is 10.00. The fraction of sp³-hybridized carbons (Fsp3) is 0.545. The number of aliphatic hydroxyl groups excluding tert-OH is 1. The predicted octanol–water partition coefficient (Wildman–Crippen LogP) is 6.93. The summed E-state index contributed by atoms with van der Waals surface area (Å²) < 4.78 is 41.7. The first-order valence-electron chi connectivity index (χ1n) is 20.9. The maximum absolute atomic E-state index is 14.7. The summed E-state index contributed by atoms with van der Waals surface area (Å²) in [6.07, 6.45) is 9.42. The van der Waals surface area contributed by atoms with Gasteiger partial charge >= 0.3 is 0 Å². The Kier molecular flexibility index (Phi) is 15.9. The van der Waals surface area contributed by atoms with Gasteiger partial charge in [-0.15, -0.1) is 4.36 Å². The highest BCUT2D eigenvalue weighted by atomic mass is 35.5. The predicted molar refractivity (Wildman–Crippen MR) is 229 cm³/mol. The number of aromatic nitrogens is 1. The molecule has 2 aromatic carbocycles. The average molecular weight is 839 g/mol. The molecular formula is C44H60ClN5O7S. The molecule has 0 radical (unpaired) electrons. The Morgan fingerprint density at radius 1 is 1.10 bits per heavy atom. The zero-order chi connectivity index (χ0) is 41.1. The Balaban J connectivity index is 1.23. The zero-order valence-corrected chi connectivity index (χ0v) is 35.7. The SMILES string of the molecule is CC[C@@H]1CCN(CC)c2cc(ccc2OCCCCc2cccc(Cl)c2)C(=O)N=S(=O)(NC(=O)c2cc3n(c2)C[C@H](CN2CCOCC2)OC3)C[C@@H](C)C/C=C/[C@@H]1O. The van der Waals surface area contributed by atoms with Gasteiger partial charge < -0.3 is 28.8 Å². The largest absolute Gasteiger partial charge is 0.491 e. The number of benzene rings is 2. The van der Waals surface area contributed by atoms with E-state index in [1.807, 2.05) is 48.8 Å². The average Bonchev–Trinajstić information content (AvgIpc) is 3.63. The molecule has 0 saturated carbocycles. The first-order valence-corrected chi connectivity index (χ1v) is 22.9. The third-order valence-electron chi connectivity index (χ3n) is 11.3. The molecule has 1 aromatic heterocycles. The van der Waals surface area contributed by atoms with Gasteiger partial charge in [0.05, 0.1) is 55.6 Å². The number of halogens is 1. The molecule has 2 bridgehead atoms. The monoisotopic (exact) mass is 837 g/mol. The van der Waals surface area contributed by atoms with Gasteiger partial charge in [0.25, 0.3) is 11.8 Å². The van der Waals surface area contributed by atoms with E-state index in [1.54, 1.807) is 30.5 Å². The lowest BCUT2D eigenvalue weighted by Crippen LogP contribution is -2.44. The number of allylic oxidation sites excluding steroid dienone is 1. The second-order valence-electron chi connectivity index (χ2n) is 15.8. The van der Waals surface area contributed by atoms with E-state index in [0.29, 0.717) is 63.8 Å².